The fourth-order valence-corrected chi connectivity index (χ4v) is 3.57. The first-order chi connectivity index (χ1) is 12.9. The maximum Gasteiger partial charge on any atom is 0.354 e. The molecule has 1 aromatic heterocycles. The second-order valence-corrected chi connectivity index (χ2v) is 6.97. The number of carbonyl (C=O) groups is 3. The van der Waals surface area contributed by atoms with Gasteiger partial charge < -0.3 is 18.9 Å². The van der Waals surface area contributed by atoms with Crippen LogP contribution in [0, 0.1) is 19.8 Å². The van der Waals surface area contributed by atoms with Gasteiger partial charge in [-0.05, 0) is 45.6 Å². The molecule has 27 heavy (non-hydrogen) atoms. The molecule has 1 heterocycles. The number of esters is 1. The van der Waals surface area contributed by atoms with E-state index in [-0.39, 0.29) is 24.2 Å². The molecule has 7 nitrogen and oxygen atoms in total. The van der Waals surface area contributed by atoms with E-state index in [2.05, 4.69) is 0 Å². The molecule has 1 aliphatic rings. The summed E-state index contributed by atoms with van der Waals surface area (Å²) >= 11 is 0. The van der Waals surface area contributed by atoms with Gasteiger partial charge in [-0.2, -0.15) is 0 Å². The maximum absolute atomic E-state index is 13.1. The third-order valence-electron chi connectivity index (χ3n) is 5.09. The smallest absolute Gasteiger partial charge is 0.354 e. The van der Waals surface area contributed by atoms with Crippen molar-refractivity contribution in [2.75, 3.05) is 33.9 Å². The zero-order valence-electron chi connectivity index (χ0n) is 17.0. The summed E-state index contributed by atoms with van der Waals surface area (Å²) in [4.78, 5) is 39.5. The zero-order valence-corrected chi connectivity index (χ0v) is 17.0. The molecule has 1 fully saturated rings. The number of hydrogen-bond donors (Lipinski definition) is 0. The normalized spacial score (nSPS) is 13.5. The molecule has 0 spiro atoms. The van der Waals surface area contributed by atoms with Gasteiger partial charge in [0.05, 0.1) is 13.7 Å². The highest BCUT2D eigenvalue weighted by atomic mass is 16.5. The first-order valence-electron chi connectivity index (χ1n) is 9.46. The Morgan fingerprint density at radius 2 is 1.85 bits per heavy atom. The minimum atomic E-state index is -0.456. The van der Waals surface area contributed by atoms with Crippen LogP contribution in [0.4, 0.5) is 0 Å². The van der Waals surface area contributed by atoms with Gasteiger partial charge in [-0.25, -0.2) is 4.79 Å². The van der Waals surface area contributed by atoms with Crippen LogP contribution in [0.5, 0.6) is 0 Å². The van der Waals surface area contributed by atoms with Crippen LogP contribution in [0.25, 0.3) is 0 Å². The number of ketones is 1. The van der Waals surface area contributed by atoms with E-state index in [0.29, 0.717) is 42.9 Å². The summed E-state index contributed by atoms with van der Waals surface area (Å²) in [6.45, 7) is 7.12. The standard InChI is InChI=1S/C20H30N2O5/c1-6-22-14(3)17(13(2)18(22)20(25)27-5)16(23)12-21(10-7-11-26-4)19(24)15-8-9-15/h15H,6-12H2,1-5H3. The SMILES string of the molecule is CCn1c(C)c(C(=O)CN(CCCOC)C(=O)C2CC2)c(C)c1C(=O)OC. The Kier molecular flexibility index (Phi) is 7.18. The van der Waals surface area contributed by atoms with Crippen molar-refractivity contribution in [2.24, 2.45) is 5.92 Å². The van der Waals surface area contributed by atoms with E-state index >= 15 is 0 Å². The Hall–Kier alpha value is -2.15. The Bertz CT molecular complexity index is 718. The van der Waals surface area contributed by atoms with Crippen molar-refractivity contribution in [3.8, 4) is 0 Å². The van der Waals surface area contributed by atoms with E-state index in [1.807, 2.05) is 13.8 Å². The molecule has 0 atom stereocenters. The zero-order chi connectivity index (χ0) is 20.1. The van der Waals surface area contributed by atoms with Crippen molar-refractivity contribution in [1.29, 1.82) is 0 Å². The Balaban J connectivity index is 2.27. The number of aromatic nitrogens is 1. The Labute approximate surface area is 160 Å². The molecule has 0 radical (unpaired) electrons. The van der Waals surface area contributed by atoms with Gasteiger partial charge >= 0.3 is 5.97 Å². The second kappa shape index (κ2) is 9.17. The molecule has 1 aliphatic carbocycles. The molecule has 0 unspecified atom stereocenters. The monoisotopic (exact) mass is 378 g/mol. The summed E-state index contributed by atoms with van der Waals surface area (Å²) in [7, 11) is 2.95. The van der Waals surface area contributed by atoms with Gasteiger partial charge in [0, 0.05) is 44.0 Å². The predicted octanol–water partition coefficient (Wildman–Crippen LogP) is 2.37. The number of hydrogen-bond acceptors (Lipinski definition) is 5. The second-order valence-electron chi connectivity index (χ2n) is 6.97. The van der Waals surface area contributed by atoms with E-state index in [1.54, 1.807) is 23.5 Å². The number of Topliss-reactive ketones (excluding diaryl/α,β-unsaturated/α-hetero) is 1. The first kappa shape index (κ1) is 21.2. The maximum atomic E-state index is 13.1. The van der Waals surface area contributed by atoms with Crippen molar-refractivity contribution in [3.63, 3.8) is 0 Å². The summed E-state index contributed by atoms with van der Waals surface area (Å²) in [6.07, 6.45) is 2.47. The fraction of sp³-hybridized carbons (Fsp3) is 0.650. The predicted molar refractivity (Wildman–Crippen MR) is 101 cm³/mol. The van der Waals surface area contributed by atoms with Crippen LogP contribution < -0.4 is 0 Å². The minimum Gasteiger partial charge on any atom is -0.464 e. The van der Waals surface area contributed by atoms with Crippen LogP contribution >= 0.6 is 0 Å². The minimum absolute atomic E-state index is 0.0229. The fourth-order valence-electron chi connectivity index (χ4n) is 3.57. The molecule has 1 amide bonds. The van der Waals surface area contributed by atoms with Gasteiger partial charge in [0.25, 0.3) is 0 Å². The lowest BCUT2D eigenvalue weighted by Gasteiger charge is -2.22. The van der Waals surface area contributed by atoms with Crippen LogP contribution in [-0.2, 0) is 20.8 Å². The topological polar surface area (TPSA) is 77.8 Å². The molecule has 0 bridgehead atoms. The summed E-state index contributed by atoms with van der Waals surface area (Å²) < 4.78 is 11.8. The van der Waals surface area contributed by atoms with E-state index in [1.165, 1.54) is 7.11 Å². The highest BCUT2D eigenvalue weighted by molar-refractivity contribution is 6.04. The van der Waals surface area contributed by atoms with E-state index in [0.717, 1.165) is 18.5 Å². The summed E-state index contributed by atoms with van der Waals surface area (Å²) in [5.41, 5.74) is 2.26. The molecule has 0 aliphatic heterocycles. The number of rotatable bonds is 10. The van der Waals surface area contributed by atoms with E-state index in [4.69, 9.17) is 9.47 Å². The Morgan fingerprint density at radius 1 is 1.19 bits per heavy atom. The number of methoxy groups -OCH3 is 2. The lowest BCUT2D eigenvalue weighted by atomic mass is 10.0. The van der Waals surface area contributed by atoms with E-state index < -0.39 is 5.97 Å². The average Bonchev–Trinajstić information content (AvgIpc) is 3.45. The van der Waals surface area contributed by atoms with Gasteiger partial charge in [0.15, 0.2) is 5.78 Å². The third kappa shape index (κ3) is 4.58. The molecule has 7 heteroatoms. The van der Waals surface area contributed by atoms with Crippen molar-refractivity contribution >= 4 is 17.7 Å². The average molecular weight is 378 g/mol. The quantitative estimate of drug-likeness (QED) is 0.355. The largest absolute Gasteiger partial charge is 0.464 e. The molecule has 150 valence electrons. The van der Waals surface area contributed by atoms with Crippen LogP contribution in [0.15, 0.2) is 0 Å². The lowest BCUT2D eigenvalue weighted by Crippen LogP contribution is -2.38. The lowest BCUT2D eigenvalue weighted by molar-refractivity contribution is -0.132. The van der Waals surface area contributed by atoms with Gasteiger partial charge in [-0.15, -0.1) is 0 Å². The first-order valence-corrected chi connectivity index (χ1v) is 9.46. The van der Waals surface area contributed by atoms with Crippen LogP contribution in [-0.4, -0.2) is 61.0 Å². The molecule has 0 N–H and O–H groups in total. The molecule has 1 saturated carbocycles. The molecule has 2 rings (SSSR count). The van der Waals surface area contributed by atoms with Gasteiger partial charge in [-0.3, -0.25) is 9.59 Å². The van der Waals surface area contributed by atoms with Gasteiger partial charge in [0.2, 0.25) is 5.91 Å². The van der Waals surface area contributed by atoms with Crippen molar-refractivity contribution in [1.82, 2.24) is 9.47 Å². The molecule has 1 aromatic rings. The molecular weight excluding hydrogens is 348 g/mol. The number of carbonyl (C=O) groups excluding carboxylic acids is 3. The summed E-state index contributed by atoms with van der Waals surface area (Å²) in [5, 5.41) is 0. The molecule has 0 aromatic carbocycles. The van der Waals surface area contributed by atoms with Gasteiger partial charge in [0.1, 0.15) is 5.69 Å². The highest BCUT2D eigenvalue weighted by Gasteiger charge is 2.35. The van der Waals surface area contributed by atoms with Gasteiger partial charge in [-0.1, -0.05) is 0 Å². The summed E-state index contributed by atoms with van der Waals surface area (Å²) in [6, 6.07) is 0. The van der Waals surface area contributed by atoms with Crippen LogP contribution in [0.1, 0.15) is 58.3 Å². The Morgan fingerprint density at radius 3 is 2.37 bits per heavy atom. The van der Waals surface area contributed by atoms with Crippen LogP contribution in [0.2, 0.25) is 0 Å². The number of nitrogens with zero attached hydrogens (tertiary/aromatic N) is 2. The number of amides is 1. The van der Waals surface area contributed by atoms with Crippen LogP contribution in [0.3, 0.4) is 0 Å². The number of ether oxygens (including phenoxy) is 2. The summed E-state index contributed by atoms with van der Waals surface area (Å²) in [5.74, 6) is -0.512. The van der Waals surface area contributed by atoms with Crippen molar-refractivity contribution in [2.45, 2.75) is 46.6 Å². The third-order valence-corrected chi connectivity index (χ3v) is 5.09. The molecule has 0 saturated heterocycles. The molecular formula is C20H30N2O5. The van der Waals surface area contributed by atoms with E-state index in [9.17, 15) is 14.4 Å². The van der Waals surface area contributed by atoms with Crippen molar-refractivity contribution in [3.05, 3.63) is 22.5 Å². The van der Waals surface area contributed by atoms with Crippen molar-refractivity contribution < 1.29 is 23.9 Å². The highest BCUT2D eigenvalue weighted by Crippen LogP contribution is 2.31.